The van der Waals surface area contributed by atoms with Crippen LogP contribution in [0.3, 0.4) is 0 Å². The summed E-state index contributed by atoms with van der Waals surface area (Å²) in [5.41, 5.74) is 0. The van der Waals surface area contributed by atoms with Crippen molar-refractivity contribution in [3.63, 3.8) is 0 Å². The van der Waals surface area contributed by atoms with Crippen molar-refractivity contribution in [1.29, 1.82) is 0 Å². The zero-order valence-electron chi connectivity index (χ0n) is 5.18. The van der Waals surface area contributed by atoms with Crippen LogP contribution in [0.25, 0.3) is 0 Å². The van der Waals surface area contributed by atoms with Crippen molar-refractivity contribution in [2.45, 2.75) is 0 Å². The van der Waals surface area contributed by atoms with Crippen molar-refractivity contribution in [1.82, 2.24) is 9.84 Å². The average molecular weight is 176 g/mol. The van der Waals surface area contributed by atoms with Gasteiger partial charge in [-0.3, -0.25) is 9.59 Å². The molecule has 0 aromatic rings. The predicted octanol–water partition coefficient (Wildman–Crippen LogP) is -2.06. The number of imide groups is 1. The Labute approximate surface area is 63.5 Å². The average Bonchev–Trinajstić information content (AvgIpc) is 2.18. The maximum absolute atomic E-state index is 10.6. The van der Waals surface area contributed by atoms with Crippen LogP contribution < -0.4 is 4.83 Å². The molecule has 11 heavy (non-hydrogen) atoms. The number of hydrogen-bond donors (Lipinski definition) is 2. The number of carbonyl (C=O) groups is 2. The second kappa shape index (κ2) is 2.81. The maximum Gasteiger partial charge on any atom is 0.269 e. The van der Waals surface area contributed by atoms with Crippen LogP contribution in [0.1, 0.15) is 0 Å². The SMILES string of the molecule is O=C1C=CC(=O)N1N[SH](=O)=O. The van der Waals surface area contributed by atoms with Crippen LogP contribution in [-0.2, 0) is 20.5 Å². The van der Waals surface area contributed by atoms with E-state index in [1.54, 1.807) is 4.83 Å². The molecule has 1 aliphatic heterocycles. The number of hydrogen-bond acceptors (Lipinski definition) is 4. The summed E-state index contributed by atoms with van der Waals surface area (Å²) >= 11 is 0. The first kappa shape index (κ1) is 7.89. The lowest BCUT2D eigenvalue weighted by atomic mass is 10.6. The summed E-state index contributed by atoms with van der Waals surface area (Å²) in [6, 6.07) is 0. The molecular weight excluding hydrogens is 172 g/mol. The second-order valence-electron chi connectivity index (χ2n) is 1.70. The molecule has 0 atom stereocenters. The molecule has 7 heteroatoms. The highest BCUT2D eigenvalue weighted by molar-refractivity contribution is 7.70. The zero-order valence-corrected chi connectivity index (χ0v) is 6.08. The van der Waals surface area contributed by atoms with Crippen molar-refractivity contribution >= 4 is 22.7 Å². The highest BCUT2D eigenvalue weighted by Gasteiger charge is 2.23. The molecule has 1 rings (SSSR count). The Balaban J connectivity index is 2.74. The van der Waals surface area contributed by atoms with Crippen molar-refractivity contribution in [2.75, 3.05) is 0 Å². The topological polar surface area (TPSA) is 83.6 Å². The number of nitrogens with one attached hydrogen (secondary N) is 1. The smallest absolute Gasteiger partial charge is 0.268 e. The van der Waals surface area contributed by atoms with Gasteiger partial charge >= 0.3 is 0 Å². The lowest BCUT2D eigenvalue weighted by Crippen LogP contribution is -2.41. The molecule has 2 amide bonds. The van der Waals surface area contributed by atoms with Crippen molar-refractivity contribution in [2.24, 2.45) is 0 Å². The van der Waals surface area contributed by atoms with Crippen molar-refractivity contribution in [3.8, 4) is 0 Å². The van der Waals surface area contributed by atoms with Crippen LogP contribution in [0.2, 0.25) is 0 Å². The molecule has 0 aromatic carbocycles. The molecule has 1 N–H and O–H groups in total. The summed E-state index contributed by atoms with van der Waals surface area (Å²) in [5, 5.41) is 0.408. The van der Waals surface area contributed by atoms with Gasteiger partial charge in [0.25, 0.3) is 11.8 Å². The lowest BCUT2D eigenvalue weighted by molar-refractivity contribution is -0.138. The Morgan fingerprint density at radius 3 is 2.00 bits per heavy atom. The highest BCUT2D eigenvalue weighted by Crippen LogP contribution is 1.98. The summed E-state index contributed by atoms with van der Waals surface area (Å²) in [6.07, 6.45) is 1.96. The van der Waals surface area contributed by atoms with Gasteiger partial charge in [-0.15, -0.1) is 4.83 Å². The highest BCUT2D eigenvalue weighted by atomic mass is 32.2. The van der Waals surface area contributed by atoms with E-state index >= 15 is 0 Å². The Bertz CT molecular complexity index is 279. The van der Waals surface area contributed by atoms with Crippen LogP contribution in [0.15, 0.2) is 12.2 Å². The minimum Gasteiger partial charge on any atom is -0.268 e. The minimum absolute atomic E-state index is 0.408. The van der Waals surface area contributed by atoms with Gasteiger partial charge in [0.05, 0.1) is 0 Å². The van der Waals surface area contributed by atoms with Crippen LogP contribution >= 0.6 is 0 Å². The molecule has 6 nitrogen and oxygen atoms in total. The number of nitrogens with zero attached hydrogens (tertiary/aromatic N) is 1. The molecule has 0 fully saturated rings. The first-order valence-corrected chi connectivity index (χ1v) is 3.76. The van der Waals surface area contributed by atoms with Crippen molar-refractivity contribution in [3.05, 3.63) is 12.2 Å². The van der Waals surface area contributed by atoms with E-state index in [1.165, 1.54) is 0 Å². The predicted molar refractivity (Wildman–Crippen MR) is 34.4 cm³/mol. The number of amides is 2. The van der Waals surface area contributed by atoms with E-state index in [1.807, 2.05) is 0 Å². The minimum atomic E-state index is -2.97. The monoisotopic (exact) mass is 176 g/mol. The molecule has 1 heterocycles. The van der Waals surface area contributed by atoms with Gasteiger partial charge in [-0.1, -0.05) is 0 Å². The van der Waals surface area contributed by atoms with Gasteiger partial charge in [-0.05, 0) is 0 Å². The summed E-state index contributed by atoms with van der Waals surface area (Å²) in [6.45, 7) is 0. The molecule has 0 bridgehead atoms. The Hall–Kier alpha value is -1.21. The molecule has 0 unspecified atom stereocenters. The largest absolute Gasteiger partial charge is 0.269 e. The standard InChI is InChI=1S/C4H4N2O4S/c7-3-1-2-4(8)6(3)5-11(9)10/h1-2,11H,(H,5,9,10). The van der Waals surface area contributed by atoms with E-state index in [2.05, 4.69) is 0 Å². The molecule has 0 radical (unpaired) electrons. The van der Waals surface area contributed by atoms with Gasteiger partial charge < -0.3 is 0 Å². The van der Waals surface area contributed by atoms with Gasteiger partial charge in [-0.25, -0.2) is 8.42 Å². The van der Waals surface area contributed by atoms with E-state index in [0.717, 1.165) is 12.2 Å². The van der Waals surface area contributed by atoms with E-state index < -0.39 is 22.7 Å². The molecular formula is C4H4N2O4S. The zero-order chi connectivity index (χ0) is 8.43. The quantitative estimate of drug-likeness (QED) is 0.374. The first-order chi connectivity index (χ1) is 5.11. The fourth-order valence-electron chi connectivity index (χ4n) is 0.580. The van der Waals surface area contributed by atoms with Crippen molar-refractivity contribution < 1.29 is 18.0 Å². The summed E-state index contributed by atoms with van der Waals surface area (Å²) in [4.78, 5) is 22.9. The Kier molecular flexibility index (Phi) is 2.01. The van der Waals surface area contributed by atoms with Crippen LogP contribution in [0, 0.1) is 0 Å². The molecule has 0 spiro atoms. The fourth-order valence-corrected chi connectivity index (χ4v) is 0.941. The van der Waals surface area contributed by atoms with Gasteiger partial charge in [-0.2, -0.15) is 5.01 Å². The van der Waals surface area contributed by atoms with E-state index in [4.69, 9.17) is 0 Å². The van der Waals surface area contributed by atoms with E-state index in [9.17, 15) is 18.0 Å². The Morgan fingerprint density at radius 2 is 1.64 bits per heavy atom. The summed E-state index contributed by atoms with van der Waals surface area (Å²) in [7, 11) is -2.97. The number of thiol groups is 1. The van der Waals surface area contributed by atoms with Crippen LogP contribution in [0.4, 0.5) is 0 Å². The third-order valence-corrected chi connectivity index (χ3v) is 1.35. The van der Waals surface area contributed by atoms with Gasteiger partial charge in [0.2, 0.25) is 10.9 Å². The lowest BCUT2D eigenvalue weighted by Gasteiger charge is -2.08. The Morgan fingerprint density at radius 1 is 1.18 bits per heavy atom. The molecule has 0 aromatic heterocycles. The third-order valence-electron chi connectivity index (χ3n) is 0.991. The number of carbonyl (C=O) groups excluding carboxylic acids is 2. The summed E-state index contributed by atoms with van der Waals surface area (Å²) < 4.78 is 20.0. The molecule has 0 saturated carbocycles. The third kappa shape index (κ3) is 1.63. The normalized spacial score (nSPS) is 17.0. The maximum atomic E-state index is 10.6. The molecule has 0 aliphatic carbocycles. The second-order valence-corrected chi connectivity index (χ2v) is 2.42. The van der Waals surface area contributed by atoms with Crippen LogP contribution in [0.5, 0.6) is 0 Å². The molecule has 60 valence electrons. The molecule has 1 aliphatic rings. The number of hydrazine groups is 1. The van der Waals surface area contributed by atoms with Gasteiger partial charge in [0.1, 0.15) is 0 Å². The van der Waals surface area contributed by atoms with Gasteiger partial charge in [0.15, 0.2) is 0 Å². The summed E-state index contributed by atoms with van der Waals surface area (Å²) in [5.74, 6) is -1.37. The van der Waals surface area contributed by atoms with Crippen LogP contribution in [-0.4, -0.2) is 25.2 Å². The van der Waals surface area contributed by atoms with E-state index in [-0.39, 0.29) is 0 Å². The fraction of sp³-hybridized carbons (Fsp3) is 0. The number of rotatable bonds is 2. The van der Waals surface area contributed by atoms with Gasteiger partial charge in [0, 0.05) is 12.2 Å². The molecule has 0 saturated heterocycles. The first-order valence-electron chi connectivity index (χ1n) is 2.58. The van der Waals surface area contributed by atoms with E-state index in [0.29, 0.717) is 5.01 Å².